The van der Waals surface area contributed by atoms with Crippen LogP contribution in [0.25, 0.3) is 0 Å². The second kappa shape index (κ2) is 11.0. The lowest BCUT2D eigenvalue weighted by Crippen LogP contribution is -2.26. The lowest BCUT2D eigenvalue weighted by atomic mass is 10.1. The molecule has 7 heteroatoms. The highest BCUT2D eigenvalue weighted by Crippen LogP contribution is 2.31. The minimum Gasteiger partial charge on any atom is -0.801 e. The summed E-state index contributed by atoms with van der Waals surface area (Å²) in [5.41, 5.74) is 0. The van der Waals surface area contributed by atoms with Crippen molar-refractivity contribution in [2.45, 2.75) is 57.1 Å². The van der Waals surface area contributed by atoms with Gasteiger partial charge < -0.3 is 14.7 Å². The number of rotatable bonds is 12. The van der Waals surface area contributed by atoms with Gasteiger partial charge >= 0.3 is 0 Å². The monoisotopic (exact) mass is 354 g/mol. The van der Waals surface area contributed by atoms with Gasteiger partial charge in [0.15, 0.2) is 0 Å². The standard InChI is InChI=1S/C14H30NO3PS2/c1-14(2,21-4)10-9-13(16)15-11-7-5-6-8-12-18-19(3,17)20/h5-12H2,1-4H3,(H,15,16)(H,17,20)/p-1. The Labute approximate surface area is 139 Å². The largest absolute Gasteiger partial charge is 0.801 e. The molecule has 0 rings (SSSR count). The first-order chi connectivity index (χ1) is 9.66. The van der Waals surface area contributed by atoms with E-state index in [-0.39, 0.29) is 10.7 Å². The maximum atomic E-state index is 11.7. The Balaban J connectivity index is 3.43. The van der Waals surface area contributed by atoms with Crippen molar-refractivity contribution in [3.8, 4) is 0 Å². The summed E-state index contributed by atoms with van der Waals surface area (Å²) >= 11 is 6.47. The van der Waals surface area contributed by atoms with Crippen molar-refractivity contribution in [2.75, 3.05) is 26.1 Å². The number of carbonyl (C=O) groups excluding carboxylic acids is 1. The van der Waals surface area contributed by atoms with Gasteiger partial charge in [0.05, 0.1) is 6.61 Å². The van der Waals surface area contributed by atoms with E-state index in [1.807, 2.05) is 0 Å². The molecule has 0 aliphatic heterocycles. The van der Waals surface area contributed by atoms with E-state index < -0.39 is 6.49 Å². The average molecular weight is 354 g/mol. The van der Waals surface area contributed by atoms with Crippen LogP contribution in [0.2, 0.25) is 0 Å². The molecule has 0 spiro atoms. The van der Waals surface area contributed by atoms with Crippen molar-refractivity contribution in [3.63, 3.8) is 0 Å². The highest BCUT2D eigenvalue weighted by molar-refractivity contribution is 8.08. The topological polar surface area (TPSA) is 61.4 Å². The third kappa shape index (κ3) is 15.1. The maximum Gasteiger partial charge on any atom is 0.220 e. The van der Waals surface area contributed by atoms with Gasteiger partial charge in [-0.25, -0.2) is 0 Å². The summed E-state index contributed by atoms with van der Waals surface area (Å²) in [6, 6.07) is 0. The van der Waals surface area contributed by atoms with Crippen molar-refractivity contribution in [2.24, 2.45) is 0 Å². The number of hydrogen-bond acceptors (Lipinski definition) is 5. The lowest BCUT2D eigenvalue weighted by molar-refractivity contribution is -0.180. The van der Waals surface area contributed by atoms with Crippen LogP contribution in [0.1, 0.15) is 52.4 Å². The molecule has 1 amide bonds. The van der Waals surface area contributed by atoms with Gasteiger partial charge in [-0.15, -0.1) is 0 Å². The molecule has 4 nitrogen and oxygen atoms in total. The molecule has 0 aliphatic rings. The highest BCUT2D eigenvalue weighted by Gasteiger charge is 2.17. The molecule has 0 aromatic rings. The zero-order valence-corrected chi connectivity index (χ0v) is 16.2. The Morgan fingerprint density at radius 3 is 2.52 bits per heavy atom. The van der Waals surface area contributed by atoms with Crippen LogP contribution in [0, 0.1) is 0 Å². The smallest absolute Gasteiger partial charge is 0.220 e. The molecule has 126 valence electrons. The highest BCUT2D eigenvalue weighted by atomic mass is 32.5. The molecule has 1 atom stereocenters. The van der Waals surface area contributed by atoms with Gasteiger partial charge in [0.1, 0.15) is 0 Å². The van der Waals surface area contributed by atoms with Crippen LogP contribution in [0.4, 0.5) is 0 Å². The molecular weight excluding hydrogens is 325 g/mol. The predicted octanol–water partition coefficient (Wildman–Crippen LogP) is 2.90. The van der Waals surface area contributed by atoms with Gasteiger partial charge in [-0.05, 0) is 38.7 Å². The Morgan fingerprint density at radius 1 is 1.33 bits per heavy atom. The average Bonchev–Trinajstić information content (AvgIpc) is 2.38. The third-order valence-corrected chi connectivity index (χ3v) is 5.50. The molecule has 0 aromatic heterocycles. The third-order valence-electron chi connectivity index (χ3n) is 3.23. The lowest BCUT2D eigenvalue weighted by Gasteiger charge is -2.22. The Morgan fingerprint density at radius 2 is 1.95 bits per heavy atom. The fourth-order valence-electron chi connectivity index (χ4n) is 1.64. The van der Waals surface area contributed by atoms with Crippen molar-refractivity contribution < 1.29 is 14.2 Å². The molecular formula is C14H29NO3PS2-. The van der Waals surface area contributed by atoms with Crippen LogP contribution in [0.15, 0.2) is 0 Å². The van der Waals surface area contributed by atoms with E-state index in [2.05, 4.69) is 37.2 Å². The molecule has 0 aromatic carbocycles. The second-order valence-electron chi connectivity index (χ2n) is 5.83. The molecule has 0 bridgehead atoms. The van der Waals surface area contributed by atoms with E-state index in [9.17, 15) is 9.69 Å². The molecule has 21 heavy (non-hydrogen) atoms. The quantitative estimate of drug-likeness (QED) is 0.431. The predicted molar refractivity (Wildman–Crippen MR) is 94.5 cm³/mol. The van der Waals surface area contributed by atoms with Crippen LogP contribution in [0.5, 0.6) is 0 Å². The fraction of sp³-hybridized carbons (Fsp3) is 0.929. The SMILES string of the molecule is CSC(C)(C)CCC(=O)NCCCCCCOP(C)([O-])=S. The summed E-state index contributed by atoms with van der Waals surface area (Å²) in [4.78, 5) is 22.8. The molecule has 0 saturated heterocycles. The summed E-state index contributed by atoms with van der Waals surface area (Å²) in [7, 11) is 0. The van der Waals surface area contributed by atoms with Gasteiger partial charge in [-0.1, -0.05) is 38.5 Å². The number of hydrogen-bond donors (Lipinski definition) is 1. The van der Waals surface area contributed by atoms with Gasteiger partial charge in [-0.3, -0.25) is 4.79 Å². The van der Waals surface area contributed by atoms with Crippen LogP contribution in [-0.4, -0.2) is 36.7 Å². The normalized spacial score (nSPS) is 14.7. The van der Waals surface area contributed by atoms with Gasteiger partial charge in [-0.2, -0.15) is 11.8 Å². The number of carbonyl (C=O) groups is 1. The first-order valence-electron chi connectivity index (χ1n) is 7.41. The van der Waals surface area contributed by atoms with E-state index in [0.717, 1.165) is 38.6 Å². The Hall–Kier alpha value is 0.390. The summed E-state index contributed by atoms with van der Waals surface area (Å²) < 4.78 is 5.21. The zero-order valence-electron chi connectivity index (χ0n) is 13.6. The zero-order chi connectivity index (χ0) is 16.4. The van der Waals surface area contributed by atoms with Gasteiger partial charge in [0.2, 0.25) is 5.91 Å². The molecule has 1 N–H and O–H groups in total. The second-order valence-corrected chi connectivity index (χ2v) is 11.1. The van der Waals surface area contributed by atoms with E-state index in [1.165, 1.54) is 6.66 Å². The van der Waals surface area contributed by atoms with Crippen LogP contribution < -0.4 is 10.2 Å². The van der Waals surface area contributed by atoms with Gasteiger partial charge in [0.25, 0.3) is 0 Å². The maximum absolute atomic E-state index is 11.7. The Kier molecular flexibility index (Phi) is 11.2. The van der Waals surface area contributed by atoms with Crippen molar-refractivity contribution in [1.82, 2.24) is 5.32 Å². The van der Waals surface area contributed by atoms with Gasteiger partial charge in [0, 0.05) is 17.7 Å². The molecule has 0 fully saturated rings. The minimum atomic E-state index is -2.74. The first-order valence-corrected chi connectivity index (χ1v) is 11.7. The molecule has 0 radical (unpaired) electrons. The number of amides is 1. The van der Waals surface area contributed by atoms with E-state index in [4.69, 9.17) is 4.52 Å². The van der Waals surface area contributed by atoms with Crippen molar-refractivity contribution in [3.05, 3.63) is 0 Å². The summed E-state index contributed by atoms with van der Waals surface area (Å²) in [6.07, 6.45) is 7.43. The molecule has 0 saturated carbocycles. The summed E-state index contributed by atoms with van der Waals surface area (Å²) in [5, 5.41) is 2.95. The fourth-order valence-corrected chi connectivity index (χ4v) is 2.63. The minimum absolute atomic E-state index is 0.137. The van der Waals surface area contributed by atoms with Crippen LogP contribution in [0.3, 0.4) is 0 Å². The Bertz CT molecular complexity index is 345. The molecule has 0 heterocycles. The van der Waals surface area contributed by atoms with Crippen LogP contribution in [-0.2, 0) is 21.1 Å². The summed E-state index contributed by atoms with van der Waals surface area (Å²) in [5.74, 6) is 0.137. The van der Waals surface area contributed by atoms with E-state index >= 15 is 0 Å². The van der Waals surface area contributed by atoms with E-state index in [0.29, 0.717) is 13.0 Å². The molecule has 1 unspecified atom stereocenters. The van der Waals surface area contributed by atoms with Crippen LogP contribution >= 0.6 is 18.3 Å². The van der Waals surface area contributed by atoms with Crippen molar-refractivity contribution >= 4 is 36.0 Å². The number of nitrogens with one attached hydrogen (secondary N) is 1. The van der Waals surface area contributed by atoms with E-state index in [1.54, 1.807) is 11.8 Å². The summed E-state index contributed by atoms with van der Waals surface area (Å²) in [6.45, 7) is 4.22. The number of thioether (sulfide) groups is 1. The molecule has 0 aliphatic carbocycles. The van der Waals surface area contributed by atoms with Crippen molar-refractivity contribution in [1.29, 1.82) is 0 Å². The number of unbranched alkanes of at least 4 members (excludes halogenated alkanes) is 3. The first kappa shape index (κ1) is 21.4.